The number of hydrogen-bond donors (Lipinski definition) is 3. The van der Waals surface area contributed by atoms with Gasteiger partial charge in [0.25, 0.3) is 0 Å². The molecule has 0 aliphatic carbocycles. The van der Waals surface area contributed by atoms with Gasteiger partial charge in [-0.15, -0.1) is 0 Å². The molecular formula is C28H34F2N2O3. The first-order valence-corrected chi connectivity index (χ1v) is 11.8. The smallest absolute Gasteiger partial charge is 0.217 e. The molecule has 0 aliphatic rings. The van der Waals surface area contributed by atoms with Gasteiger partial charge in [0.05, 0.1) is 18.4 Å². The van der Waals surface area contributed by atoms with Crippen LogP contribution in [0.5, 0.6) is 0 Å². The number of hydrogen-bond acceptors (Lipinski definition) is 4. The molecule has 1 amide bonds. The molecule has 0 bridgehead atoms. The summed E-state index contributed by atoms with van der Waals surface area (Å²) < 4.78 is 32.8. The fourth-order valence-electron chi connectivity index (χ4n) is 4.21. The maximum Gasteiger partial charge on any atom is 0.217 e. The number of rotatable bonds is 10. The number of halogens is 2. The summed E-state index contributed by atoms with van der Waals surface area (Å²) in [4.78, 5) is 11.7. The highest BCUT2D eigenvalue weighted by atomic mass is 19.1. The molecule has 3 rings (SSSR count). The van der Waals surface area contributed by atoms with E-state index in [0.717, 1.165) is 29.4 Å². The number of aliphatic hydroxyl groups excluding tert-OH is 1. The van der Waals surface area contributed by atoms with Crippen LogP contribution in [0.2, 0.25) is 0 Å². The Balaban J connectivity index is 1.72. The summed E-state index contributed by atoms with van der Waals surface area (Å²) in [6, 6.07) is 12.5. The van der Waals surface area contributed by atoms with Crippen molar-refractivity contribution in [3.8, 4) is 11.3 Å². The second-order valence-electron chi connectivity index (χ2n) is 10.2. The summed E-state index contributed by atoms with van der Waals surface area (Å²) in [6.07, 6.45) is 1.66. The third-order valence-electron chi connectivity index (χ3n) is 5.59. The summed E-state index contributed by atoms with van der Waals surface area (Å²) in [5.41, 5.74) is 3.68. The van der Waals surface area contributed by atoms with Gasteiger partial charge in [0.15, 0.2) is 0 Å². The molecule has 0 fully saturated rings. The lowest BCUT2D eigenvalue weighted by Crippen LogP contribution is -2.48. The maximum absolute atomic E-state index is 13.6. The van der Waals surface area contributed by atoms with Crippen LogP contribution in [0.25, 0.3) is 11.3 Å². The second-order valence-corrected chi connectivity index (χ2v) is 10.2. The zero-order chi connectivity index (χ0) is 25.6. The van der Waals surface area contributed by atoms with Crippen molar-refractivity contribution in [3.63, 3.8) is 0 Å². The van der Waals surface area contributed by atoms with Crippen molar-refractivity contribution in [2.24, 2.45) is 5.41 Å². The lowest BCUT2D eigenvalue weighted by Gasteiger charge is -2.25. The highest BCUT2D eigenvalue weighted by Crippen LogP contribution is 2.28. The fourth-order valence-corrected chi connectivity index (χ4v) is 4.21. The van der Waals surface area contributed by atoms with Gasteiger partial charge < -0.3 is 20.2 Å². The van der Waals surface area contributed by atoms with Crippen molar-refractivity contribution >= 4 is 5.91 Å². The lowest BCUT2D eigenvalue weighted by atomic mass is 9.87. The Morgan fingerprint density at radius 2 is 1.77 bits per heavy atom. The van der Waals surface area contributed by atoms with Gasteiger partial charge in [0.1, 0.15) is 17.4 Å². The highest BCUT2D eigenvalue weighted by Gasteiger charge is 2.22. The Labute approximate surface area is 205 Å². The maximum atomic E-state index is 13.6. The molecule has 0 radical (unpaired) electrons. The molecule has 2 unspecified atom stereocenters. The van der Waals surface area contributed by atoms with E-state index in [0.29, 0.717) is 12.1 Å². The van der Waals surface area contributed by atoms with Gasteiger partial charge in [-0.1, -0.05) is 39.0 Å². The molecule has 0 spiro atoms. The average molecular weight is 485 g/mol. The Bertz CT molecular complexity index is 1100. The topological polar surface area (TPSA) is 74.5 Å². The van der Waals surface area contributed by atoms with E-state index in [9.17, 15) is 18.7 Å². The molecule has 0 aliphatic heterocycles. The van der Waals surface area contributed by atoms with Gasteiger partial charge in [-0.3, -0.25) is 4.79 Å². The summed E-state index contributed by atoms with van der Waals surface area (Å²) in [5.74, 6) is -0.973. The normalized spacial score (nSPS) is 13.5. The number of carbonyl (C=O) groups is 1. The van der Waals surface area contributed by atoms with Crippen LogP contribution in [0, 0.1) is 17.0 Å². The minimum absolute atomic E-state index is 0.0931. The fraction of sp³-hybridized carbons (Fsp3) is 0.393. The van der Waals surface area contributed by atoms with E-state index < -0.39 is 23.8 Å². The number of benzene rings is 2. The van der Waals surface area contributed by atoms with Crippen molar-refractivity contribution in [1.29, 1.82) is 0 Å². The lowest BCUT2D eigenvalue weighted by molar-refractivity contribution is -0.120. The van der Waals surface area contributed by atoms with Crippen molar-refractivity contribution in [2.45, 2.75) is 59.2 Å². The van der Waals surface area contributed by atoms with E-state index in [4.69, 9.17) is 4.42 Å². The van der Waals surface area contributed by atoms with Crippen LogP contribution in [0.15, 0.2) is 59.2 Å². The number of nitrogens with one attached hydrogen (secondary N) is 2. The van der Waals surface area contributed by atoms with Crippen molar-refractivity contribution in [1.82, 2.24) is 10.6 Å². The first kappa shape index (κ1) is 26.6. The molecule has 188 valence electrons. The molecular weight excluding hydrogens is 450 g/mol. The predicted molar refractivity (Wildman–Crippen MR) is 133 cm³/mol. The van der Waals surface area contributed by atoms with E-state index in [1.165, 1.54) is 24.6 Å². The van der Waals surface area contributed by atoms with E-state index >= 15 is 0 Å². The molecule has 35 heavy (non-hydrogen) atoms. The highest BCUT2D eigenvalue weighted by molar-refractivity contribution is 5.73. The first-order valence-electron chi connectivity index (χ1n) is 11.8. The van der Waals surface area contributed by atoms with Crippen LogP contribution >= 0.6 is 0 Å². The largest absolute Gasteiger partial charge is 0.464 e. The minimum Gasteiger partial charge on any atom is -0.464 e. The third-order valence-corrected chi connectivity index (χ3v) is 5.59. The molecule has 2 atom stereocenters. The minimum atomic E-state index is -0.977. The van der Waals surface area contributed by atoms with E-state index in [2.05, 4.69) is 43.5 Å². The summed E-state index contributed by atoms with van der Waals surface area (Å²) in [6.45, 7) is 8.54. The molecule has 7 heteroatoms. The Morgan fingerprint density at radius 1 is 1.06 bits per heavy atom. The third kappa shape index (κ3) is 8.30. The van der Waals surface area contributed by atoms with Gasteiger partial charge in [0, 0.05) is 31.6 Å². The van der Waals surface area contributed by atoms with Gasteiger partial charge in [0.2, 0.25) is 5.91 Å². The molecule has 5 nitrogen and oxygen atoms in total. The SMILES string of the molecule is CC(=O)NC(Cc1cc(F)cc(F)c1)C(O)CNCc1cc(CC(C)(C)C)ccc1-c1ccco1. The molecule has 0 saturated heterocycles. The van der Waals surface area contributed by atoms with Gasteiger partial charge in [-0.2, -0.15) is 0 Å². The van der Waals surface area contributed by atoms with Gasteiger partial charge in [-0.05, 0) is 59.2 Å². The summed E-state index contributed by atoms with van der Waals surface area (Å²) in [5, 5.41) is 16.8. The van der Waals surface area contributed by atoms with Crippen molar-refractivity contribution < 1.29 is 23.1 Å². The standard InChI is InChI=1S/C28H34F2N2O3/c1-18(33)32-25(13-20-11-22(29)14-23(30)12-20)26(34)17-31-16-21-10-19(15-28(2,3)4)7-8-24(21)27-6-5-9-35-27/h5-12,14,25-26,31,34H,13,15-17H2,1-4H3,(H,32,33). The number of carbonyl (C=O) groups excluding carboxylic acids is 1. The summed E-state index contributed by atoms with van der Waals surface area (Å²) >= 11 is 0. The van der Waals surface area contributed by atoms with E-state index in [1.807, 2.05) is 18.2 Å². The van der Waals surface area contributed by atoms with Crippen molar-refractivity contribution in [2.75, 3.05) is 6.54 Å². The predicted octanol–water partition coefficient (Wildman–Crippen LogP) is 5.01. The van der Waals surface area contributed by atoms with Gasteiger partial charge >= 0.3 is 0 Å². The van der Waals surface area contributed by atoms with Crippen LogP contribution in [-0.4, -0.2) is 29.7 Å². The van der Waals surface area contributed by atoms with Crippen molar-refractivity contribution in [3.05, 3.63) is 83.1 Å². The van der Waals surface area contributed by atoms with E-state index in [1.54, 1.807) is 6.26 Å². The van der Waals surface area contributed by atoms with Crippen LogP contribution < -0.4 is 10.6 Å². The molecule has 1 aromatic heterocycles. The number of amides is 1. The Kier molecular flexibility index (Phi) is 8.81. The first-order chi connectivity index (χ1) is 16.5. The summed E-state index contributed by atoms with van der Waals surface area (Å²) in [7, 11) is 0. The Morgan fingerprint density at radius 3 is 2.37 bits per heavy atom. The molecule has 1 heterocycles. The van der Waals surface area contributed by atoms with Crippen LogP contribution in [0.1, 0.15) is 44.4 Å². The molecule has 3 N–H and O–H groups in total. The molecule has 3 aromatic rings. The monoisotopic (exact) mass is 484 g/mol. The quantitative estimate of drug-likeness (QED) is 0.378. The zero-order valence-corrected chi connectivity index (χ0v) is 20.7. The number of aliphatic hydroxyl groups is 1. The molecule has 2 aromatic carbocycles. The van der Waals surface area contributed by atoms with Crippen LogP contribution in [0.3, 0.4) is 0 Å². The van der Waals surface area contributed by atoms with Crippen LogP contribution in [0.4, 0.5) is 8.78 Å². The zero-order valence-electron chi connectivity index (χ0n) is 20.7. The Hall–Kier alpha value is -3.03. The average Bonchev–Trinajstić information content (AvgIpc) is 3.26. The van der Waals surface area contributed by atoms with Gasteiger partial charge in [-0.25, -0.2) is 8.78 Å². The molecule has 0 saturated carbocycles. The second kappa shape index (κ2) is 11.6. The van der Waals surface area contributed by atoms with Crippen LogP contribution in [-0.2, 0) is 24.2 Å². The van der Waals surface area contributed by atoms with E-state index in [-0.39, 0.29) is 24.3 Å². The number of furan rings is 1.